The Kier molecular flexibility index (Phi) is 5.97. The minimum Gasteiger partial charge on any atom is -0.465 e. The van der Waals surface area contributed by atoms with E-state index in [-0.39, 0.29) is 12.5 Å². The van der Waals surface area contributed by atoms with Gasteiger partial charge in [-0.25, -0.2) is 4.79 Å². The molecule has 0 atom stereocenters. The number of thiophene rings is 1. The van der Waals surface area contributed by atoms with Gasteiger partial charge < -0.3 is 10.1 Å². The molecule has 2 heterocycles. The van der Waals surface area contributed by atoms with Crippen LogP contribution in [0, 0.1) is 20.8 Å². The largest absolute Gasteiger partial charge is 0.465 e. The van der Waals surface area contributed by atoms with E-state index in [0.717, 1.165) is 21.8 Å². The van der Waals surface area contributed by atoms with E-state index in [1.165, 1.54) is 18.4 Å². The first-order chi connectivity index (χ1) is 11.7. The summed E-state index contributed by atoms with van der Waals surface area (Å²) >= 11 is 1.36. The predicted molar refractivity (Wildman–Crippen MR) is 98.0 cm³/mol. The number of carbonyl (C=O) groups excluding carboxylic acids is 2. The minimum atomic E-state index is -0.449. The smallest absolute Gasteiger partial charge is 0.340 e. The second-order valence-electron chi connectivity index (χ2n) is 6.08. The highest BCUT2D eigenvalue weighted by molar-refractivity contribution is 7.16. The number of aryl methyl sites for hydroxylation is 3. The summed E-state index contributed by atoms with van der Waals surface area (Å²) in [7, 11) is 5.12. The van der Waals surface area contributed by atoms with E-state index in [1.807, 2.05) is 44.4 Å². The number of anilines is 1. The Morgan fingerprint density at radius 2 is 2.04 bits per heavy atom. The molecule has 0 aromatic carbocycles. The van der Waals surface area contributed by atoms with Crippen LogP contribution in [-0.2, 0) is 23.1 Å². The fraction of sp³-hybridized carbons (Fsp3) is 0.471. The number of rotatable bonds is 6. The third kappa shape index (κ3) is 4.46. The molecule has 0 fully saturated rings. The van der Waals surface area contributed by atoms with Crippen LogP contribution in [-0.4, -0.2) is 47.3 Å². The minimum absolute atomic E-state index is 0.173. The van der Waals surface area contributed by atoms with Gasteiger partial charge in [-0.1, -0.05) is 0 Å². The topological polar surface area (TPSA) is 76.5 Å². The Morgan fingerprint density at radius 3 is 2.60 bits per heavy atom. The zero-order chi connectivity index (χ0) is 18.7. The average molecular weight is 364 g/mol. The Hall–Kier alpha value is -2.19. The summed E-state index contributed by atoms with van der Waals surface area (Å²) in [6.07, 6.45) is 0. The molecule has 7 nitrogen and oxygen atoms in total. The lowest BCUT2D eigenvalue weighted by Gasteiger charge is -2.16. The molecule has 25 heavy (non-hydrogen) atoms. The molecule has 0 unspecified atom stereocenters. The van der Waals surface area contributed by atoms with Crippen LogP contribution in [0.4, 0.5) is 5.00 Å². The van der Waals surface area contributed by atoms with Crippen molar-refractivity contribution in [3.63, 3.8) is 0 Å². The second kappa shape index (κ2) is 7.79. The van der Waals surface area contributed by atoms with Crippen LogP contribution < -0.4 is 5.32 Å². The molecule has 1 amide bonds. The molecule has 0 aliphatic heterocycles. The first-order valence-electron chi connectivity index (χ1n) is 7.89. The van der Waals surface area contributed by atoms with Crippen molar-refractivity contribution in [2.75, 3.05) is 26.0 Å². The van der Waals surface area contributed by atoms with Gasteiger partial charge in [-0.15, -0.1) is 11.3 Å². The molecular weight excluding hydrogens is 340 g/mol. The molecular formula is C17H24N4O3S. The van der Waals surface area contributed by atoms with E-state index in [1.54, 1.807) is 6.07 Å². The van der Waals surface area contributed by atoms with Crippen molar-refractivity contribution in [2.45, 2.75) is 27.3 Å². The SMILES string of the molecule is COC(=O)c1cc(C)sc1NC(=O)CN(C)Cc1c(C)nn(C)c1C. The van der Waals surface area contributed by atoms with Crippen molar-refractivity contribution >= 4 is 28.2 Å². The molecule has 1 N–H and O–H groups in total. The maximum Gasteiger partial charge on any atom is 0.340 e. The van der Waals surface area contributed by atoms with E-state index >= 15 is 0 Å². The fourth-order valence-electron chi connectivity index (χ4n) is 2.65. The average Bonchev–Trinajstić information content (AvgIpc) is 3.00. The van der Waals surface area contributed by atoms with Gasteiger partial charge in [0, 0.05) is 29.7 Å². The number of likely N-dealkylation sites (N-methyl/N-ethyl adjacent to an activating group) is 1. The van der Waals surface area contributed by atoms with Gasteiger partial charge in [0.15, 0.2) is 0 Å². The lowest BCUT2D eigenvalue weighted by Crippen LogP contribution is -2.30. The van der Waals surface area contributed by atoms with Crippen LogP contribution in [0.2, 0.25) is 0 Å². The number of hydrogen-bond acceptors (Lipinski definition) is 6. The number of nitrogens with one attached hydrogen (secondary N) is 1. The van der Waals surface area contributed by atoms with Crippen LogP contribution in [0.15, 0.2) is 6.07 Å². The molecule has 0 saturated carbocycles. The second-order valence-corrected chi connectivity index (χ2v) is 7.34. The molecule has 2 aromatic heterocycles. The van der Waals surface area contributed by atoms with Crippen molar-refractivity contribution in [3.8, 4) is 0 Å². The van der Waals surface area contributed by atoms with Crippen LogP contribution in [0.25, 0.3) is 0 Å². The number of nitrogens with zero attached hydrogens (tertiary/aromatic N) is 3. The van der Waals surface area contributed by atoms with Crippen molar-refractivity contribution in [1.29, 1.82) is 0 Å². The highest BCUT2D eigenvalue weighted by atomic mass is 32.1. The van der Waals surface area contributed by atoms with Gasteiger partial charge >= 0.3 is 5.97 Å². The number of methoxy groups -OCH3 is 1. The van der Waals surface area contributed by atoms with Gasteiger partial charge in [0.05, 0.1) is 24.9 Å². The molecule has 0 aliphatic carbocycles. The normalized spacial score (nSPS) is 11.0. The maximum absolute atomic E-state index is 12.3. The van der Waals surface area contributed by atoms with Gasteiger partial charge in [-0.2, -0.15) is 5.10 Å². The Labute approximate surface area is 151 Å². The van der Waals surface area contributed by atoms with Gasteiger partial charge in [-0.3, -0.25) is 14.4 Å². The zero-order valence-electron chi connectivity index (χ0n) is 15.5. The van der Waals surface area contributed by atoms with E-state index in [2.05, 4.69) is 10.4 Å². The molecule has 8 heteroatoms. The summed E-state index contributed by atoms with van der Waals surface area (Å²) in [6.45, 7) is 6.71. The monoisotopic (exact) mass is 364 g/mol. The molecule has 2 aromatic rings. The molecule has 2 rings (SSSR count). The third-order valence-corrected chi connectivity index (χ3v) is 4.98. The van der Waals surface area contributed by atoms with E-state index in [9.17, 15) is 9.59 Å². The molecule has 0 radical (unpaired) electrons. The molecule has 0 saturated heterocycles. The van der Waals surface area contributed by atoms with Crippen LogP contribution in [0.3, 0.4) is 0 Å². The lowest BCUT2D eigenvalue weighted by molar-refractivity contribution is -0.117. The van der Waals surface area contributed by atoms with Crippen molar-refractivity contribution in [2.24, 2.45) is 7.05 Å². The summed E-state index contributed by atoms with van der Waals surface area (Å²) in [5.74, 6) is -0.622. The highest BCUT2D eigenvalue weighted by Crippen LogP contribution is 2.28. The molecule has 0 bridgehead atoms. The van der Waals surface area contributed by atoms with Crippen LogP contribution in [0.5, 0.6) is 0 Å². The first kappa shape index (κ1) is 19.1. The Balaban J connectivity index is 2.02. The molecule has 136 valence electrons. The van der Waals surface area contributed by atoms with Crippen molar-refractivity contribution in [3.05, 3.63) is 33.5 Å². The van der Waals surface area contributed by atoms with E-state index in [0.29, 0.717) is 17.1 Å². The third-order valence-electron chi connectivity index (χ3n) is 4.01. The quantitative estimate of drug-likeness (QED) is 0.796. The summed E-state index contributed by atoms with van der Waals surface area (Å²) in [6, 6.07) is 1.72. The molecule has 0 spiro atoms. The summed E-state index contributed by atoms with van der Waals surface area (Å²) in [5, 5.41) is 7.73. The number of esters is 1. The lowest BCUT2D eigenvalue weighted by atomic mass is 10.2. The van der Waals surface area contributed by atoms with Gasteiger partial charge in [0.2, 0.25) is 5.91 Å². The number of amides is 1. The Morgan fingerprint density at radius 1 is 1.36 bits per heavy atom. The van der Waals surface area contributed by atoms with E-state index < -0.39 is 5.97 Å². The summed E-state index contributed by atoms with van der Waals surface area (Å²) in [4.78, 5) is 27.0. The zero-order valence-corrected chi connectivity index (χ0v) is 16.3. The van der Waals surface area contributed by atoms with Crippen molar-refractivity contribution in [1.82, 2.24) is 14.7 Å². The van der Waals surface area contributed by atoms with Crippen molar-refractivity contribution < 1.29 is 14.3 Å². The van der Waals surface area contributed by atoms with Gasteiger partial charge in [-0.05, 0) is 33.9 Å². The highest BCUT2D eigenvalue weighted by Gasteiger charge is 2.19. The number of ether oxygens (including phenoxy) is 1. The van der Waals surface area contributed by atoms with Gasteiger partial charge in [0.1, 0.15) is 5.00 Å². The number of carbonyl (C=O) groups is 2. The predicted octanol–water partition coefficient (Wildman–Crippen LogP) is 2.26. The first-order valence-corrected chi connectivity index (χ1v) is 8.70. The standard InChI is InChI=1S/C17H24N4O3S/c1-10-7-13(17(23)24-6)16(25-10)18-15(22)9-20(4)8-14-11(2)19-21(5)12(14)3/h7H,8-9H2,1-6H3,(H,18,22). The summed E-state index contributed by atoms with van der Waals surface area (Å²) < 4.78 is 6.60. The Bertz CT molecular complexity index is 794. The van der Waals surface area contributed by atoms with E-state index in [4.69, 9.17) is 4.74 Å². The summed E-state index contributed by atoms with van der Waals surface area (Å²) in [5.41, 5.74) is 3.57. The maximum atomic E-state index is 12.3. The van der Waals surface area contributed by atoms with Crippen LogP contribution >= 0.6 is 11.3 Å². The van der Waals surface area contributed by atoms with Gasteiger partial charge in [0.25, 0.3) is 0 Å². The fourth-order valence-corrected chi connectivity index (χ4v) is 3.57. The number of hydrogen-bond donors (Lipinski definition) is 1. The molecule has 0 aliphatic rings. The number of aromatic nitrogens is 2. The van der Waals surface area contributed by atoms with Crippen LogP contribution in [0.1, 0.15) is 32.2 Å².